The van der Waals surface area contributed by atoms with Gasteiger partial charge in [0.25, 0.3) is 5.91 Å². The standard InChI is InChI=1S/C14H17N3O4/c18-10-15-12-3-1-2-4-13(12)21-9-14(20)17-7-5-16(11-19)6-8-17/h1-4,10-11H,5-9H2,(H,15,18). The minimum absolute atomic E-state index is 0.0986. The number of amides is 3. The van der Waals surface area contributed by atoms with E-state index in [9.17, 15) is 14.4 Å². The summed E-state index contributed by atoms with van der Waals surface area (Å²) >= 11 is 0. The number of benzene rings is 1. The molecule has 21 heavy (non-hydrogen) atoms. The molecular weight excluding hydrogens is 274 g/mol. The van der Waals surface area contributed by atoms with Gasteiger partial charge in [0.05, 0.1) is 5.69 Å². The first-order valence-electron chi connectivity index (χ1n) is 6.63. The van der Waals surface area contributed by atoms with E-state index in [0.29, 0.717) is 44.0 Å². The van der Waals surface area contributed by atoms with Crippen LogP contribution < -0.4 is 10.1 Å². The average Bonchev–Trinajstić information content (AvgIpc) is 2.54. The second kappa shape index (κ2) is 7.28. The molecule has 1 N–H and O–H groups in total. The van der Waals surface area contributed by atoms with Crippen LogP contribution in [0.15, 0.2) is 24.3 Å². The van der Waals surface area contributed by atoms with E-state index in [4.69, 9.17) is 4.74 Å². The molecule has 1 aliphatic rings. The minimum Gasteiger partial charge on any atom is -0.482 e. The van der Waals surface area contributed by atoms with Crippen molar-refractivity contribution in [3.8, 4) is 5.75 Å². The zero-order chi connectivity index (χ0) is 15.1. The van der Waals surface area contributed by atoms with Crippen LogP contribution in [-0.4, -0.2) is 61.3 Å². The normalized spacial score (nSPS) is 14.5. The van der Waals surface area contributed by atoms with Crippen LogP contribution in [0, 0.1) is 0 Å². The van der Waals surface area contributed by atoms with Gasteiger partial charge in [-0.25, -0.2) is 0 Å². The first-order valence-corrected chi connectivity index (χ1v) is 6.63. The summed E-state index contributed by atoms with van der Waals surface area (Å²) in [7, 11) is 0. The number of piperazine rings is 1. The third-order valence-corrected chi connectivity index (χ3v) is 3.27. The Morgan fingerprint density at radius 3 is 2.57 bits per heavy atom. The van der Waals surface area contributed by atoms with Crippen molar-refractivity contribution in [2.75, 3.05) is 38.1 Å². The Morgan fingerprint density at radius 2 is 1.90 bits per heavy atom. The summed E-state index contributed by atoms with van der Waals surface area (Å²) in [6.07, 6.45) is 1.35. The van der Waals surface area contributed by atoms with E-state index >= 15 is 0 Å². The predicted molar refractivity (Wildman–Crippen MR) is 75.8 cm³/mol. The Labute approximate surface area is 122 Å². The number of nitrogens with one attached hydrogen (secondary N) is 1. The van der Waals surface area contributed by atoms with Crippen molar-refractivity contribution < 1.29 is 19.1 Å². The predicted octanol–water partition coefficient (Wildman–Crippen LogP) is -0.0657. The molecule has 1 saturated heterocycles. The minimum atomic E-state index is -0.138. The quantitative estimate of drug-likeness (QED) is 0.744. The van der Waals surface area contributed by atoms with Gasteiger partial charge in [-0.05, 0) is 12.1 Å². The molecule has 1 aromatic rings. The summed E-state index contributed by atoms with van der Waals surface area (Å²) in [6, 6.07) is 6.90. The van der Waals surface area contributed by atoms with Gasteiger partial charge >= 0.3 is 0 Å². The summed E-state index contributed by atoms with van der Waals surface area (Å²) in [4.78, 5) is 36.4. The molecular formula is C14H17N3O4. The highest BCUT2D eigenvalue weighted by atomic mass is 16.5. The molecule has 7 heteroatoms. The molecule has 1 aliphatic heterocycles. The smallest absolute Gasteiger partial charge is 0.260 e. The van der Waals surface area contributed by atoms with Crippen LogP contribution in [0.2, 0.25) is 0 Å². The molecule has 7 nitrogen and oxygen atoms in total. The fraction of sp³-hybridized carbons (Fsp3) is 0.357. The van der Waals surface area contributed by atoms with Gasteiger partial charge in [0.2, 0.25) is 12.8 Å². The maximum Gasteiger partial charge on any atom is 0.260 e. The molecule has 0 saturated carbocycles. The lowest BCUT2D eigenvalue weighted by molar-refractivity contribution is -0.137. The molecule has 1 aromatic carbocycles. The zero-order valence-electron chi connectivity index (χ0n) is 11.5. The van der Waals surface area contributed by atoms with E-state index < -0.39 is 0 Å². The zero-order valence-corrected chi connectivity index (χ0v) is 11.5. The van der Waals surface area contributed by atoms with Gasteiger partial charge in [-0.2, -0.15) is 0 Å². The van der Waals surface area contributed by atoms with Crippen molar-refractivity contribution in [3.63, 3.8) is 0 Å². The van der Waals surface area contributed by atoms with Crippen LogP contribution in [0.25, 0.3) is 0 Å². The van der Waals surface area contributed by atoms with E-state index in [1.807, 2.05) is 0 Å². The highest BCUT2D eigenvalue weighted by Crippen LogP contribution is 2.22. The van der Waals surface area contributed by atoms with Crippen LogP contribution in [0.4, 0.5) is 5.69 Å². The Morgan fingerprint density at radius 1 is 1.19 bits per heavy atom. The van der Waals surface area contributed by atoms with Crippen molar-refractivity contribution in [1.29, 1.82) is 0 Å². The molecule has 0 radical (unpaired) electrons. The topological polar surface area (TPSA) is 79.0 Å². The molecule has 3 amide bonds. The lowest BCUT2D eigenvalue weighted by Gasteiger charge is -2.32. The van der Waals surface area contributed by atoms with Gasteiger partial charge in [-0.15, -0.1) is 0 Å². The maximum absolute atomic E-state index is 12.0. The Hall–Kier alpha value is -2.57. The number of hydrogen-bond acceptors (Lipinski definition) is 4. The molecule has 0 bridgehead atoms. The first kappa shape index (κ1) is 14.8. The molecule has 1 fully saturated rings. The molecule has 0 atom stereocenters. The molecule has 0 unspecified atom stereocenters. The second-order valence-electron chi connectivity index (χ2n) is 4.57. The number of nitrogens with zero attached hydrogens (tertiary/aromatic N) is 2. The van der Waals surface area contributed by atoms with Crippen LogP contribution in [0.5, 0.6) is 5.75 Å². The lowest BCUT2D eigenvalue weighted by Crippen LogP contribution is -2.49. The van der Waals surface area contributed by atoms with Gasteiger partial charge in [-0.3, -0.25) is 14.4 Å². The molecule has 0 aliphatic carbocycles. The Bertz CT molecular complexity index is 513. The van der Waals surface area contributed by atoms with E-state index in [-0.39, 0.29) is 12.5 Å². The highest BCUT2D eigenvalue weighted by molar-refractivity contribution is 5.79. The van der Waals surface area contributed by atoms with Crippen molar-refractivity contribution >= 4 is 24.4 Å². The fourth-order valence-electron chi connectivity index (χ4n) is 2.08. The monoisotopic (exact) mass is 291 g/mol. The van der Waals surface area contributed by atoms with E-state index in [0.717, 1.165) is 6.41 Å². The number of carbonyl (C=O) groups is 3. The van der Waals surface area contributed by atoms with E-state index in [1.165, 1.54) is 0 Å². The van der Waals surface area contributed by atoms with Crippen molar-refractivity contribution in [1.82, 2.24) is 9.80 Å². The van der Waals surface area contributed by atoms with E-state index in [1.54, 1.807) is 34.1 Å². The Balaban J connectivity index is 1.87. The number of ether oxygens (including phenoxy) is 1. The lowest BCUT2D eigenvalue weighted by atomic mass is 10.3. The molecule has 0 aromatic heterocycles. The van der Waals surface area contributed by atoms with Crippen LogP contribution in [0.1, 0.15) is 0 Å². The highest BCUT2D eigenvalue weighted by Gasteiger charge is 2.20. The van der Waals surface area contributed by atoms with Crippen molar-refractivity contribution in [3.05, 3.63) is 24.3 Å². The largest absolute Gasteiger partial charge is 0.482 e. The van der Waals surface area contributed by atoms with Crippen LogP contribution in [-0.2, 0) is 14.4 Å². The first-order chi connectivity index (χ1) is 10.2. The summed E-state index contributed by atoms with van der Waals surface area (Å²) in [6.45, 7) is 2.00. The van der Waals surface area contributed by atoms with Crippen LogP contribution >= 0.6 is 0 Å². The van der Waals surface area contributed by atoms with E-state index in [2.05, 4.69) is 5.32 Å². The van der Waals surface area contributed by atoms with Crippen molar-refractivity contribution in [2.45, 2.75) is 0 Å². The molecule has 2 rings (SSSR count). The third-order valence-electron chi connectivity index (χ3n) is 3.27. The van der Waals surface area contributed by atoms with Gasteiger partial charge in [0.1, 0.15) is 5.75 Å². The van der Waals surface area contributed by atoms with Gasteiger partial charge in [0.15, 0.2) is 6.61 Å². The SMILES string of the molecule is O=CNc1ccccc1OCC(=O)N1CCN(C=O)CC1. The maximum atomic E-state index is 12.0. The van der Waals surface area contributed by atoms with Crippen LogP contribution in [0.3, 0.4) is 0 Å². The summed E-state index contributed by atoms with van der Waals surface area (Å²) in [5, 5.41) is 2.52. The summed E-state index contributed by atoms with van der Waals surface area (Å²) in [5.74, 6) is 0.311. The Kier molecular flexibility index (Phi) is 5.14. The number of carbonyl (C=O) groups excluding carboxylic acids is 3. The molecule has 1 heterocycles. The summed E-state index contributed by atoms with van der Waals surface area (Å²) in [5.41, 5.74) is 0.520. The number of para-hydroxylation sites is 2. The van der Waals surface area contributed by atoms with Crippen molar-refractivity contribution in [2.24, 2.45) is 0 Å². The number of hydrogen-bond donors (Lipinski definition) is 1. The van der Waals surface area contributed by atoms with Gasteiger partial charge in [0, 0.05) is 26.2 Å². The molecule has 0 spiro atoms. The third kappa shape index (κ3) is 3.95. The second-order valence-corrected chi connectivity index (χ2v) is 4.57. The van der Waals surface area contributed by atoms with Gasteiger partial charge < -0.3 is 19.9 Å². The average molecular weight is 291 g/mol. The number of anilines is 1. The molecule has 112 valence electrons. The number of rotatable bonds is 6. The summed E-state index contributed by atoms with van der Waals surface area (Å²) < 4.78 is 5.46. The van der Waals surface area contributed by atoms with Gasteiger partial charge in [-0.1, -0.05) is 12.1 Å². The fourth-order valence-corrected chi connectivity index (χ4v) is 2.08.